The molecule has 0 saturated heterocycles. The number of ether oxygens (including phenoxy) is 1. The summed E-state index contributed by atoms with van der Waals surface area (Å²) in [5.74, 6) is -0.450. The molecule has 0 aliphatic rings. The van der Waals surface area contributed by atoms with Gasteiger partial charge in [0, 0.05) is 16.3 Å². The van der Waals surface area contributed by atoms with E-state index in [-0.39, 0.29) is 17.9 Å². The third-order valence-electron chi connectivity index (χ3n) is 2.61. The Labute approximate surface area is 115 Å². The number of hydrogen-bond donors (Lipinski definition) is 1. The molecule has 19 heavy (non-hydrogen) atoms. The van der Waals surface area contributed by atoms with Crippen molar-refractivity contribution in [2.45, 2.75) is 6.61 Å². The number of nitrogen functional groups attached to an aromatic ring is 1. The zero-order valence-electron chi connectivity index (χ0n) is 9.86. The molecule has 0 radical (unpaired) electrons. The van der Waals surface area contributed by atoms with Crippen molar-refractivity contribution >= 4 is 17.3 Å². The van der Waals surface area contributed by atoms with Crippen molar-refractivity contribution in [1.29, 1.82) is 5.26 Å². The Morgan fingerprint density at radius 1 is 1.26 bits per heavy atom. The first kappa shape index (κ1) is 13.2. The highest BCUT2D eigenvalue weighted by Crippen LogP contribution is 2.26. The van der Waals surface area contributed by atoms with Crippen LogP contribution in [-0.2, 0) is 6.61 Å². The Balaban J connectivity index is 2.25. The van der Waals surface area contributed by atoms with E-state index in [0.717, 1.165) is 0 Å². The van der Waals surface area contributed by atoms with Gasteiger partial charge < -0.3 is 10.5 Å². The Morgan fingerprint density at radius 3 is 2.68 bits per heavy atom. The van der Waals surface area contributed by atoms with Crippen molar-refractivity contribution in [3.05, 3.63) is 58.4 Å². The average Bonchev–Trinajstić information content (AvgIpc) is 2.38. The van der Waals surface area contributed by atoms with Crippen LogP contribution in [0.25, 0.3) is 0 Å². The fourth-order valence-electron chi connectivity index (χ4n) is 1.61. The lowest BCUT2D eigenvalue weighted by Crippen LogP contribution is -2.02. The Morgan fingerprint density at radius 2 is 2.00 bits per heavy atom. The van der Waals surface area contributed by atoms with E-state index in [0.29, 0.717) is 16.3 Å². The van der Waals surface area contributed by atoms with Gasteiger partial charge in [-0.1, -0.05) is 23.7 Å². The molecule has 0 spiro atoms. The molecule has 0 fully saturated rings. The van der Waals surface area contributed by atoms with Crippen LogP contribution in [0.5, 0.6) is 5.75 Å². The van der Waals surface area contributed by atoms with Gasteiger partial charge in [-0.3, -0.25) is 0 Å². The highest BCUT2D eigenvalue weighted by molar-refractivity contribution is 6.31. The summed E-state index contributed by atoms with van der Waals surface area (Å²) in [5.41, 5.74) is 6.75. The maximum atomic E-state index is 13.4. The molecule has 0 heterocycles. The Bertz CT molecular complexity index is 632. The maximum Gasteiger partial charge on any atom is 0.144 e. The summed E-state index contributed by atoms with van der Waals surface area (Å²) in [6.45, 7) is 0.0731. The maximum absolute atomic E-state index is 13.4. The summed E-state index contributed by atoms with van der Waals surface area (Å²) in [5, 5.41) is 9.35. The highest BCUT2D eigenvalue weighted by atomic mass is 35.5. The molecule has 0 aliphatic heterocycles. The van der Waals surface area contributed by atoms with Crippen molar-refractivity contribution in [2.75, 3.05) is 5.73 Å². The van der Waals surface area contributed by atoms with E-state index in [4.69, 9.17) is 27.3 Å². The molecule has 3 nitrogen and oxygen atoms in total. The van der Waals surface area contributed by atoms with Gasteiger partial charge in [-0.2, -0.15) is 5.26 Å². The van der Waals surface area contributed by atoms with Gasteiger partial charge in [-0.15, -0.1) is 0 Å². The number of rotatable bonds is 3. The van der Waals surface area contributed by atoms with Crippen LogP contribution < -0.4 is 10.5 Å². The molecule has 0 amide bonds. The second-order valence-electron chi connectivity index (χ2n) is 3.82. The topological polar surface area (TPSA) is 59.0 Å². The third-order valence-corrected chi connectivity index (χ3v) is 2.97. The lowest BCUT2D eigenvalue weighted by molar-refractivity contribution is 0.304. The Hall–Kier alpha value is -2.25. The minimum Gasteiger partial charge on any atom is -0.487 e. The zero-order chi connectivity index (χ0) is 13.8. The van der Waals surface area contributed by atoms with Crippen LogP contribution >= 0.6 is 11.6 Å². The van der Waals surface area contributed by atoms with E-state index in [2.05, 4.69) is 0 Å². The van der Waals surface area contributed by atoms with Crippen LogP contribution in [0.2, 0.25) is 5.02 Å². The SMILES string of the molecule is N#Cc1c(F)cccc1OCc1c(N)cccc1Cl. The number of nitriles is 1. The standard InChI is InChI=1S/C14H10ClFN2O/c15-11-3-1-5-13(18)10(11)8-19-14-6-2-4-12(16)9(14)7-17/h1-6H,8,18H2. The smallest absolute Gasteiger partial charge is 0.144 e. The fourth-order valence-corrected chi connectivity index (χ4v) is 1.85. The molecule has 0 aromatic heterocycles. The largest absolute Gasteiger partial charge is 0.487 e. The van der Waals surface area contributed by atoms with Crippen LogP contribution in [0.4, 0.5) is 10.1 Å². The molecule has 0 bridgehead atoms. The quantitative estimate of drug-likeness (QED) is 0.873. The van der Waals surface area contributed by atoms with E-state index in [1.54, 1.807) is 24.3 Å². The van der Waals surface area contributed by atoms with Crippen molar-refractivity contribution in [3.8, 4) is 11.8 Å². The van der Waals surface area contributed by atoms with Gasteiger partial charge in [-0.25, -0.2) is 4.39 Å². The average molecular weight is 277 g/mol. The van der Waals surface area contributed by atoms with Crippen LogP contribution in [0.15, 0.2) is 36.4 Å². The highest BCUT2D eigenvalue weighted by Gasteiger charge is 2.11. The van der Waals surface area contributed by atoms with E-state index >= 15 is 0 Å². The predicted octanol–water partition coefficient (Wildman–Crippen LogP) is 3.51. The zero-order valence-corrected chi connectivity index (χ0v) is 10.6. The molecule has 5 heteroatoms. The summed E-state index contributed by atoms with van der Waals surface area (Å²) < 4.78 is 18.8. The number of anilines is 1. The van der Waals surface area contributed by atoms with E-state index < -0.39 is 5.82 Å². The van der Waals surface area contributed by atoms with Gasteiger partial charge in [0.1, 0.15) is 29.8 Å². The van der Waals surface area contributed by atoms with Crippen molar-refractivity contribution in [3.63, 3.8) is 0 Å². The predicted molar refractivity (Wildman–Crippen MR) is 71.3 cm³/mol. The minimum absolute atomic E-state index is 0.0731. The lowest BCUT2D eigenvalue weighted by Gasteiger charge is -2.11. The van der Waals surface area contributed by atoms with E-state index in [9.17, 15) is 4.39 Å². The summed E-state index contributed by atoms with van der Waals surface area (Å²) >= 11 is 6.00. The summed E-state index contributed by atoms with van der Waals surface area (Å²) in [6, 6.07) is 11.1. The van der Waals surface area contributed by atoms with Gasteiger partial charge in [0.05, 0.1) is 0 Å². The number of nitrogens with zero attached hydrogens (tertiary/aromatic N) is 1. The minimum atomic E-state index is -0.618. The molecule has 2 rings (SSSR count). The monoisotopic (exact) mass is 276 g/mol. The first-order valence-corrected chi connectivity index (χ1v) is 5.85. The van der Waals surface area contributed by atoms with E-state index in [1.807, 2.05) is 0 Å². The molecule has 2 N–H and O–H groups in total. The molecule has 0 aliphatic carbocycles. The van der Waals surface area contributed by atoms with Gasteiger partial charge in [0.2, 0.25) is 0 Å². The second-order valence-corrected chi connectivity index (χ2v) is 4.23. The molecule has 0 unspecified atom stereocenters. The number of halogens is 2. The molecule has 2 aromatic carbocycles. The molecule has 0 saturated carbocycles. The molecule has 96 valence electrons. The van der Waals surface area contributed by atoms with Crippen LogP contribution in [0.3, 0.4) is 0 Å². The normalized spacial score (nSPS) is 9.95. The number of nitrogens with two attached hydrogens (primary N) is 1. The van der Waals surface area contributed by atoms with E-state index in [1.165, 1.54) is 18.2 Å². The first-order chi connectivity index (χ1) is 9.13. The van der Waals surface area contributed by atoms with Crippen LogP contribution in [-0.4, -0.2) is 0 Å². The number of benzene rings is 2. The van der Waals surface area contributed by atoms with Gasteiger partial charge in [0.25, 0.3) is 0 Å². The van der Waals surface area contributed by atoms with Crippen LogP contribution in [0, 0.1) is 17.1 Å². The lowest BCUT2D eigenvalue weighted by atomic mass is 10.2. The van der Waals surface area contributed by atoms with Crippen molar-refractivity contribution in [1.82, 2.24) is 0 Å². The molecule has 0 atom stereocenters. The summed E-state index contributed by atoms with van der Waals surface area (Å²) in [7, 11) is 0. The number of hydrogen-bond acceptors (Lipinski definition) is 3. The van der Waals surface area contributed by atoms with Crippen molar-refractivity contribution in [2.24, 2.45) is 0 Å². The van der Waals surface area contributed by atoms with Gasteiger partial charge >= 0.3 is 0 Å². The third kappa shape index (κ3) is 2.78. The summed E-state index contributed by atoms with van der Waals surface area (Å²) in [6.07, 6.45) is 0. The summed E-state index contributed by atoms with van der Waals surface area (Å²) in [4.78, 5) is 0. The second kappa shape index (κ2) is 5.59. The molecule has 2 aromatic rings. The van der Waals surface area contributed by atoms with Gasteiger partial charge in [0.15, 0.2) is 0 Å². The van der Waals surface area contributed by atoms with Crippen molar-refractivity contribution < 1.29 is 9.13 Å². The van der Waals surface area contributed by atoms with Crippen LogP contribution in [0.1, 0.15) is 11.1 Å². The molecular formula is C14H10ClFN2O. The molecular weight excluding hydrogens is 267 g/mol. The fraction of sp³-hybridized carbons (Fsp3) is 0.0714. The first-order valence-electron chi connectivity index (χ1n) is 5.47. The Kier molecular flexibility index (Phi) is 3.88. The van der Waals surface area contributed by atoms with Gasteiger partial charge in [-0.05, 0) is 24.3 Å².